The van der Waals surface area contributed by atoms with Crippen LogP contribution in [-0.2, 0) is 0 Å². The summed E-state index contributed by atoms with van der Waals surface area (Å²) >= 11 is 0. The lowest BCUT2D eigenvalue weighted by atomic mass is 9.91. The standard InChI is InChI=1S/C19H23N5O/c1-13-8-14(2)11-23(10-13)18-17(9-20-19-21-12-22-24(18)19)15-4-6-16(25-3)7-5-15/h4-7,9,12-14H,8,10-11H2,1-3H3. The monoisotopic (exact) mass is 337 g/mol. The van der Waals surface area contributed by atoms with E-state index < -0.39 is 0 Å². The zero-order chi connectivity index (χ0) is 17.4. The van der Waals surface area contributed by atoms with Gasteiger partial charge in [-0.15, -0.1) is 0 Å². The van der Waals surface area contributed by atoms with Crippen LogP contribution in [0.2, 0.25) is 0 Å². The lowest BCUT2D eigenvalue weighted by Crippen LogP contribution is -2.40. The highest BCUT2D eigenvalue weighted by Crippen LogP contribution is 2.34. The van der Waals surface area contributed by atoms with Crippen LogP contribution in [0.15, 0.2) is 36.8 Å². The predicted octanol–water partition coefficient (Wildman–Crippen LogP) is 3.28. The summed E-state index contributed by atoms with van der Waals surface area (Å²) in [6.07, 6.45) is 4.74. The third-order valence-corrected chi connectivity index (χ3v) is 4.85. The molecular weight excluding hydrogens is 314 g/mol. The van der Waals surface area contributed by atoms with Gasteiger partial charge in [0.2, 0.25) is 0 Å². The van der Waals surface area contributed by atoms with Crippen LogP contribution in [0.25, 0.3) is 16.9 Å². The van der Waals surface area contributed by atoms with Gasteiger partial charge in [0.1, 0.15) is 17.9 Å². The SMILES string of the molecule is COc1ccc(-c2cnc3ncnn3c2N2CC(C)CC(C)C2)cc1. The zero-order valence-electron chi connectivity index (χ0n) is 14.9. The molecule has 1 aromatic carbocycles. The van der Waals surface area contributed by atoms with E-state index >= 15 is 0 Å². The molecule has 2 aromatic heterocycles. The number of piperidine rings is 1. The van der Waals surface area contributed by atoms with Gasteiger partial charge in [0, 0.05) is 24.8 Å². The van der Waals surface area contributed by atoms with Gasteiger partial charge in [-0.25, -0.2) is 4.98 Å². The molecule has 2 unspecified atom stereocenters. The van der Waals surface area contributed by atoms with E-state index in [1.54, 1.807) is 13.4 Å². The van der Waals surface area contributed by atoms with Crippen LogP contribution in [0.1, 0.15) is 20.3 Å². The van der Waals surface area contributed by atoms with Crippen LogP contribution in [0.5, 0.6) is 5.75 Å². The van der Waals surface area contributed by atoms with Gasteiger partial charge >= 0.3 is 0 Å². The number of aromatic nitrogens is 4. The van der Waals surface area contributed by atoms with E-state index in [0.717, 1.165) is 35.8 Å². The molecule has 4 rings (SSSR count). The van der Waals surface area contributed by atoms with Crippen LogP contribution < -0.4 is 9.64 Å². The summed E-state index contributed by atoms with van der Waals surface area (Å²) in [7, 11) is 1.68. The number of nitrogens with zero attached hydrogens (tertiary/aromatic N) is 5. The van der Waals surface area contributed by atoms with Gasteiger partial charge in [-0.1, -0.05) is 26.0 Å². The molecule has 0 bridgehead atoms. The summed E-state index contributed by atoms with van der Waals surface area (Å²) in [5.41, 5.74) is 2.17. The molecule has 25 heavy (non-hydrogen) atoms. The highest BCUT2D eigenvalue weighted by Gasteiger charge is 2.26. The predicted molar refractivity (Wildman–Crippen MR) is 97.9 cm³/mol. The Bertz CT molecular complexity index is 863. The first kappa shape index (κ1) is 15.9. The van der Waals surface area contributed by atoms with E-state index in [0.29, 0.717) is 17.6 Å². The van der Waals surface area contributed by atoms with Gasteiger partial charge in [-0.2, -0.15) is 14.6 Å². The normalized spacial score (nSPS) is 20.8. The Morgan fingerprint density at radius 2 is 1.76 bits per heavy atom. The summed E-state index contributed by atoms with van der Waals surface area (Å²) < 4.78 is 7.15. The molecule has 0 spiro atoms. The van der Waals surface area contributed by atoms with Crippen molar-refractivity contribution < 1.29 is 4.74 Å². The number of methoxy groups -OCH3 is 1. The quantitative estimate of drug-likeness (QED) is 0.734. The maximum atomic E-state index is 5.28. The summed E-state index contributed by atoms with van der Waals surface area (Å²) in [4.78, 5) is 11.2. The number of fused-ring (bicyclic) bond motifs is 1. The maximum absolute atomic E-state index is 5.28. The van der Waals surface area contributed by atoms with Gasteiger partial charge in [0.25, 0.3) is 5.78 Å². The molecule has 6 heteroatoms. The second-order valence-electron chi connectivity index (χ2n) is 7.05. The molecule has 1 aliphatic heterocycles. The maximum Gasteiger partial charge on any atom is 0.254 e. The Morgan fingerprint density at radius 3 is 2.44 bits per heavy atom. The molecule has 1 saturated heterocycles. The molecular formula is C19H23N5O. The average molecular weight is 337 g/mol. The Morgan fingerprint density at radius 1 is 1.04 bits per heavy atom. The van der Waals surface area contributed by atoms with E-state index in [1.165, 1.54) is 6.42 Å². The number of hydrogen-bond donors (Lipinski definition) is 0. The van der Waals surface area contributed by atoms with Gasteiger partial charge in [0.15, 0.2) is 0 Å². The van der Waals surface area contributed by atoms with Crippen LogP contribution in [0, 0.1) is 11.8 Å². The van der Waals surface area contributed by atoms with Crippen LogP contribution in [0.3, 0.4) is 0 Å². The largest absolute Gasteiger partial charge is 0.497 e. The number of anilines is 1. The Labute approximate surface area is 147 Å². The van der Waals surface area contributed by atoms with Crippen molar-refractivity contribution in [3.8, 4) is 16.9 Å². The third-order valence-electron chi connectivity index (χ3n) is 4.85. The highest BCUT2D eigenvalue weighted by atomic mass is 16.5. The molecule has 0 N–H and O–H groups in total. The minimum Gasteiger partial charge on any atom is -0.497 e. The summed E-state index contributed by atoms with van der Waals surface area (Å²) in [5, 5.41) is 4.44. The van der Waals surface area contributed by atoms with E-state index in [4.69, 9.17) is 4.74 Å². The number of benzene rings is 1. The third kappa shape index (κ3) is 2.92. The molecule has 0 saturated carbocycles. The van der Waals surface area contributed by atoms with Crippen molar-refractivity contribution in [2.45, 2.75) is 20.3 Å². The van der Waals surface area contributed by atoms with E-state index in [1.807, 2.05) is 22.8 Å². The van der Waals surface area contributed by atoms with Crippen molar-refractivity contribution in [1.29, 1.82) is 0 Å². The molecule has 3 heterocycles. The summed E-state index contributed by atoms with van der Waals surface area (Å²) in [5.74, 6) is 3.86. The highest BCUT2D eigenvalue weighted by molar-refractivity contribution is 5.77. The lowest BCUT2D eigenvalue weighted by Gasteiger charge is -2.37. The topological polar surface area (TPSA) is 55.6 Å². The Kier molecular flexibility index (Phi) is 4.03. The average Bonchev–Trinajstić information content (AvgIpc) is 3.08. The molecule has 0 amide bonds. The van der Waals surface area contributed by atoms with Gasteiger partial charge in [0.05, 0.1) is 7.11 Å². The van der Waals surface area contributed by atoms with Crippen molar-refractivity contribution in [3.63, 3.8) is 0 Å². The molecule has 2 atom stereocenters. The van der Waals surface area contributed by atoms with Gasteiger partial charge in [-0.05, 0) is 36.0 Å². The fourth-order valence-corrected chi connectivity index (χ4v) is 3.88. The first-order valence-corrected chi connectivity index (χ1v) is 8.74. The van der Waals surface area contributed by atoms with Gasteiger partial charge < -0.3 is 9.64 Å². The fraction of sp³-hybridized carbons (Fsp3) is 0.421. The molecule has 1 aliphatic rings. The number of hydrogen-bond acceptors (Lipinski definition) is 5. The zero-order valence-corrected chi connectivity index (χ0v) is 14.9. The molecule has 1 fully saturated rings. The van der Waals surface area contributed by atoms with Crippen molar-refractivity contribution in [2.24, 2.45) is 11.8 Å². The Balaban J connectivity index is 1.86. The smallest absolute Gasteiger partial charge is 0.254 e. The molecule has 0 aliphatic carbocycles. The van der Waals surface area contributed by atoms with Crippen molar-refractivity contribution >= 4 is 11.6 Å². The minimum absolute atomic E-state index is 0.637. The molecule has 3 aromatic rings. The Hall–Kier alpha value is -2.63. The van der Waals surface area contributed by atoms with E-state index in [-0.39, 0.29) is 0 Å². The molecule has 130 valence electrons. The van der Waals surface area contributed by atoms with Crippen molar-refractivity contribution in [3.05, 3.63) is 36.8 Å². The second kappa shape index (κ2) is 6.35. The number of rotatable bonds is 3. The number of ether oxygens (including phenoxy) is 1. The van der Waals surface area contributed by atoms with Crippen molar-refractivity contribution in [1.82, 2.24) is 19.6 Å². The lowest BCUT2D eigenvalue weighted by molar-refractivity contribution is 0.354. The van der Waals surface area contributed by atoms with Crippen molar-refractivity contribution in [2.75, 3.05) is 25.1 Å². The summed E-state index contributed by atoms with van der Waals surface area (Å²) in [6, 6.07) is 8.09. The van der Waals surface area contributed by atoms with Crippen LogP contribution in [0.4, 0.5) is 5.82 Å². The minimum atomic E-state index is 0.637. The fourth-order valence-electron chi connectivity index (χ4n) is 3.88. The van der Waals surface area contributed by atoms with E-state index in [2.05, 4.69) is 45.9 Å². The summed E-state index contributed by atoms with van der Waals surface area (Å²) in [6.45, 7) is 6.67. The van der Waals surface area contributed by atoms with Crippen LogP contribution >= 0.6 is 0 Å². The molecule has 0 radical (unpaired) electrons. The first-order valence-electron chi connectivity index (χ1n) is 8.74. The van der Waals surface area contributed by atoms with Gasteiger partial charge in [-0.3, -0.25) is 0 Å². The molecule has 6 nitrogen and oxygen atoms in total. The van der Waals surface area contributed by atoms with Crippen LogP contribution in [-0.4, -0.2) is 39.8 Å². The second-order valence-corrected chi connectivity index (χ2v) is 7.05. The van der Waals surface area contributed by atoms with E-state index in [9.17, 15) is 0 Å². The first-order chi connectivity index (χ1) is 12.2.